The molecule has 2 unspecified atom stereocenters. The lowest BCUT2D eigenvalue weighted by Gasteiger charge is -2.36. The number of rotatable bonds is 7. The van der Waals surface area contributed by atoms with E-state index >= 15 is 0 Å². The van der Waals surface area contributed by atoms with Crippen LogP contribution in [0.15, 0.2) is 24.3 Å². The molecular weight excluding hydrogens is 366 g/mol. The standard InChI is InChI=1S/C20H31N3O3.ClH/c1-4-6-18(21)20(25)23-13-11-22(12-14-23)19(24)15(3)26-17-9-7-16(5-2)8-10-17;/h7-10,15,18H,4-6,11-14,21H2,1-3H3;1H. The van der Waals surface area contributed by atoms with Crippen LogP contribution < -0.4 is 10.5 Å². The van der Waals surface area contributed by atoms with Crippen molar-refractivity contribution in [1.29, 1.82) is 0 Å². The zero-order valence-electron chi connectivity index (χ0n) is 16.5. The molecule has 2 amide bonds. The van der Waals surface area contributed by atoms with Crippen molar-refractivity contribution >= 4 is 24.2 Å². The van der Waals surface area contributed by atoms with E-state index in [-0.39, 0.29) is 24.2 Å². The van der Waals surface area contributed by atoms with Gasteiger partial charge in [-0.15, -0.1) is 12.4 Å². The van der Waals surface area contributed by atoms with Gasteiger partial charge in [0.05, 0.1) is 6.04 Å². The summed E-state index contributed by atoms with van der Waals surface area (Å²) in [5, 5.41) is 0. The third-order valence-electron chi connectivity index (χ3n) is 4.81. The maximum absolute atomic E-state index is 12.6. The van der Waals surface area contributed by atoms with Gasteiger partial charge in [0.25, 0.3) is 5.91 Å². The first-order chi connectivity index (χ1) is 12.5. The predicted molar refractivity (Wildman–Crippen MR) is 109 cm³/mol. The fourth-order valence-corrected chi connectivity index (χ4v) is 3.13. The molecule has 0 spiro atoms. The van der Waals surface area contributed by atoms with Crippen molar-refractivity contribution in [2.75, 3.05) is 26.2 Å². The molecule has 1 aliphatic heterocycles. The van der Waals surface area contributed by atoms with E-state index in [1.165, 1.54) is 5.56 Å². The topological polar surface area (TPSA) is 75.9 Å². The molecule has 6 nitrogen and oxygen atoms in total. The molecule has 152 valence electrons. The van der Waals surface area contributed by atoms with Crippen LogP contribution in [0.25, 0.3) is 0 Å². The van der Waals surface area contributed by atoms with E-state index in [0.717, 1.165) is 12.8 Å². The van der Waals surface area contributed by atoms with Crippen LogP contribution in [0.3, 0.4) is 0 Å². The number of ether oxygens (including phenoxy) is 1. The van der Waals surface area contributed by atoms with Crippen molar-refractivity contribution in [2.24, 2.45) is 5.73 Å². The van der Waals surface area contributed by atoms with Gasteiger partial charge in [-0.3, -0.25) is 9.59 Å². The van der Waals surface area contributed by atoms with Gasteiger partial charge in [0.15, 0.2) is 6.10 Å². The summed E-state index contributed by atoms with van der Waals surface area (Å²) >= 11 is 0. The number of aryl methyl sites for hydroxylation is 1. The first-order valence-electron chi connectivity index (χ1n) is 9.55. The van der Waals surface area contributed by atoms with Crippen LogP contribution in [0.5, 0.6) is 5.75 Å². The molecule has 0 saturated carbocycles. The summed E-state index contributed by atoms with van der Waals surface area (Å²) in [6.07, 6.45) is 2.01. The van der Waals surface area contributed by atoms with E-state index in [9.17, 15) is 9.59 Å². The van der Waals surface area contributed by atoms with Crippen molar-refractivity contribution < 1.29 is 14.3 Å². The molecule has 0 bridgehead atoms. The zero-order chi connectivity index (χ0) is 19.1. The Morgan fingerprint density at radius 1 is 1.04 bits per heavy atom. The molecule has 0 radical (unpaired) electrons. The maximum Gasteiger partial charge on any atom is 0.263 e. The van der Waals surface area contributed by atoms with Crippen LogP contribution in [0.1, 0.15) is 39.2 Å². The Balaban J connectivity index is 0.00000364. The molecule has 2 rings (SSSR count). The van der Waals surface area contributed by atoms with Gasteiger partial charge in [0, 0.05) is 26.2 Å². The van der Waals surface area contributed by atoms with Gasteiger partial charge >= 0.3 is 0 Å². The molecule has 0 aromatic heterocycles. The van der Waals surface area contributed by atoms with Crippen LogP contribution in [0.2, 0.25) is 0 Å². The molecule has 1 saturated heterocycles. The van der Waals surface area contributed by atoms with Gasteiger partial charge in [-0.25, -0.2) is 0 Å². The van der Waals surface area contributed by atoms with E-state index in [1.54, 1.807) is 16.7 Å². The number of benzene rings is 1. The average Bonchev–Trinajstić information content (AvgIpc) is 2.67. The highest BCUT2D eigenvalue weighted by Crippen LogP contribution is 2.16. The number of piperazine rings is 1. The SMILES string of the molecule is CCCC(N)C(=O)N1CCN(C(=O)C(C)Oc2ccc(CC)cc2)CC1.Cl. The number of nitrogens with two attached hydrogens (primary N) is 1. The second kappa shape index (κ2) is 11.1. The summed E-state index contributed by atoms with van der Waals surface area (Å²) in [5.41, 5.74) is 7.15. The molecule has 1 aliphatic rings. The van der Waals surface area contributed by atoms with Crippen LogP contribution in [-0.4, -0.2) is 59.9 Å². The van der Waals surface area contributed by atoms with Crippen LogP contribution in [0, 0.1) is 0 Å². The van der Waals surface area contributed by atoms with Gasteiger partial charge in [-0.05, 0) is 37.5 Å². The molecular formula is C20H32ClN3O3. The van der Waals surface area contributed by atoms with Gasteiger partial charge < -0.3 is 20.3 Å². The van der Waals surface area contributed by atoms with E-state index in [4.69, 9.17) is 10.5 Å². The number of amides is 2. The first kappa shape index (κ1) is 23.2. The minimum atomic E-state index is -0.549. The maximum atomic E-state index is 12.6. The zero-order valence-corrected chi connectivity index (χ0v) is 17.3. The number of carbonyl (C=O) groups is 2. The third-order valence-corrected chi connectivity index (χ3v) is 4.81. The molecule has 27 heavy (non-hydrogen) atoms. The molecule has 1 aromatic carbocycles. The van der Waals surface area contributed by atoms with Gasteiger partial charge in [0.1, 0.15) is 5.75 Å². The molecule has 2 N–H and O–H groups in total. The smallest absolute Gasteiger partial charge is 0.263 e. The molecule has 1 heterocycles. The average molecular weight is 398 g/mol. The van der Waals surface area contributed by atoms with E-state index in [1.807, 2.05) is 31.2 Å². The fraction of sp³-hybridized carbons (Fsp3) is 0.600. The first-order valence-corrected chi connectivity index (χ1v) is 9.55. The predicted octanol–water partition coefficient (Wildman–Crippen LogP) is 2.24. The van der Waals surface area contributed by atoms with E-state index in [2.05, 4.69) is 6.92 Å². The number of halogens is 1. The van der Waals surface area contributed by atoms with Crippen molar-refractivity contribution in [2.45, 2.75) is 52.2 Å². The van der Waals surface area contributed by atoms with Gasteiger partial charge in [-0.2, -0.15) is 0 Å². The lowest BCUT2D eigenvalue weighted by atomic mass is 10.1. The molecule has 7 heteroatoms. The van der Waals surface area contributed by atoms with Crippen LogP contribution in [-0.2, 0) is 16.0 Å². The Morgan fingerprint density at radius 2 is 1.56 bits per heavy atom. The minimum Gasteiger partial charge on any atom is -0.481 e. The minimum absolute atomic E-state index is 0. The summed E-state index contributed by atoms with van der Waals surface area (Å²) in [4.78, 5) is 28.4. The second-order valence-corrected chi connectivity index (χ2v) is 6.80. The van der Waals surface area contributed by atoms with Crippen molar-refractivity contribution in [3.63, 3.8) is 0 Å². The Morgan fingerprint density at radius 3 is 2.04 bits per heavy atom. The Bertz CT molecular complexity index is 601. The lowest BCUT2D eigenvalue weighted by Crippen LogP contribution is -2.56. The molecule has 2 atom stereocenters. The Labute approximate surface area is 168 Å². The van der Waals surface area contributed by atoms with E-state index < -0.39 is 12.1 Å². The van der Waals surface area contributed by atoms with Gasteiger partial charge in [-0.1, -0.05) is 32.4 Å². The van der Waals surface area contributed by atoms with Crippen molar-refractivity contribution in [3.05, 3.63) is 29.8 Å². The summed E-state index contributed by atoms with van der Waals surface area (Å²) in [6, 6.07) is 7.38. The van der Waals surface area contributed by atoms with Gasteiger partial charge in [0.2, 0.25) is 5.91 Å². The Hall–Kier alpha value is -1.79. The number of hydrogen-bond donors (Lipinski definition) is 1. The fourth-order valence-electron chi connectivity index (χ4n) is 3.13. The molecule has 1 aromatic rings. The van der Waals surface area contributed by atoms with Crippen molar-refractivity contribution in [3.8, 4) is 5.75 Å². The second-order valence-electron chi connectivity index (χ2n) is 6.80. The Kier molecular flexibility index (Phi) is 9.60. The highest BCUT2D eigenvalue weighted by Gasteiger charge is 2.29. The molecule has 1 fully saturated rings. The monoisotopic (exact) mass is 397 g/mol. The summed E-state index contributed by atoms with van der Waals surface area (Å²) in [5.74, 6) is 0.635. The number of carbonyl (C=O) groups excluding carboxylic acids is 2. The molecule has 0 aliphatic carbocycles. The lowest BCUT2D eigenvalue weighted by molar-refractivity contribution is -0.144. The summed E-state index contributed by atoms with van der Waals surface area (Å²) in [7, 11) is 0. The number of hydrogen-bond acceptors (Lipinski definition) is 4. The number of nitrogens with zero attached hydrogens (tertiary/aromatic N) is 2. The van der Waals surface area contributed by atoms with E-state index in [0.29, 0.717) is 38.3 Å². The van der Waals surface area contributed by atoms with Crippen molar-refractivity contribution in [1.82, 2.24) is 9.80 Å². The largest absolute Gasteiger partial charge is 0.481 e. The quantitative estimate of drug-likeness (QED) is 0.765. The summed E-state index contributed by atoms with van der Waals surface area (Å²) in [6.45, 7) is 7.98. The highest BCUT2D eigenvalue weighted by molar-refractivity contribution is 5.85. The summed E-state index contributed by atoms with van der Waals surface area (Å²) < 4.78 is 5.78. The normalized spacial score (nSPS) is 16.3. The van der Waals surface area contributed by atoms with Crippen LogP contribution in [0.4, 0.5) is 0 Å². The van der Waals surface area contributed by atoms with Crippen LogP contribution >= 0.6 is 12.4 Å². The third kappa shape index (κ3) is 6.40. The highest BCUT2D eigenvalue weighted by atomic mass is 35.5.